The van der Waals surface area contributed by atoms with Gasteiger partial charge in [-0.05, 0) is 55.7 Å². The topological polar surface area (TPSA) is 92.3 Å². The zero-order valence-corrected chi connectivity index (χ0v) is 18.2. The van der Waals surface area contributed by atoms with Gasteiger partial charge in [-0.2, -0.15) is 0 Å². The second kappa shape index (κ2) is 8.59. The Morgan fingerprint density at radius 1 is 1.21 bits per heavy atom. The molecule has 1 aliphatic rings. The maximum absolute atomic E-state index is 12.7. The lowest BCUT2D eigenvalue weighted by Gasteiger charge is -2.23. The zero-order valence-electron chi connectivity index (χ0n) is 16.6. The van der Waals surface area contributed by atoms with Gasteiger partial charge in [0.15, 0.2) is 9.84 Å². The van der Waals surface area contributed by atoms with Crippen molar-refractivity contribution in [3.8, 4) is 0 Å². The number of thioether (sulfide) groups is 1. The molecule has 2 amide bonds. The Morgan fingerprint density at radius 2 is 1.97 bits per heavy atom. The van der Waals surface area contributed by atoms with Gasteiger partial charge in [0.25, 0.3) is 0 Å². The fourth-order valence-electron chi connectivity index (χ4n) is 3.04. The maximum atomic E-state index is 12.7. The quantitative estimate of drug-likeness (QED) is 0.722. The van der Waals surface area contributed by atoms with Crippen LogP contribution >= 0.6 is 11.8 Å². The molecule has 6 nitrogen and oxygen atoms in total. The Kier molecular flexibility index (Phi) is 6.33. The normalized spacial score (nSPS) is 16.1. The number of carbonyl (C=O) groups excluding carboxylic acids is 2. The van der Waals surface area contributed by atoms with Crippen LogP contribution in [0.2, 0.25) is 0 Å². The van der Waals surface area contributed by atoms with Gasteiger partial charge in [-0.3, -0.25) is 9.59 Å². The van der Waals surface area contributed by atoms with E-state index in [2.05, 4.69) is 10.6 Å². The summed E-state index contributed by atoms with van der Waals surface area (Å²) < 4.78 is 25.4. The number of benzene rings is 2. The van der Waals surface area contributed by atoms with Crippen LogP contribution < -0.4 is 10.6 Å². The monoisotopic (exact) mass is 432 g/mol. The number of nitrogens with one attached hydrogen (secondary N) is 2. The second-order valence-electron chi connectivity index (χ2n) is 7.03. The van der Waals surface area contributed by atoms with E-state index in [9.17, 15) is 18.0 Å². The van der Waals surface area contributed by atoms with Crippen molar-refractivity contribution in [2.24, 2.45) is 0 Å². The molecule has 0 saturated heterocycles. The summed E-state index contributed by atoms with van der Waals surface area (Å²) in [5.41, 5.74) is 3.20. The summed E-state index contributed by atoms with van der Waals surface area (Å²) in [7, 11) is -3.66. The Morgan fingerprint density at radius 3 is 2.69 bits per heavy atom. The van der Waals surface area contributed by atoms with E-state index in [0.717, 1.165) is 16.0 Å². The van der Waals surface area contributed by atoms with Gasteiger partial charge in [0, 0.05) is 17.0 Å². The van der Waals surface area contributed by atoms with Gasteiger partial charge >= 0.3 is 0 Å². The number of rotatable bonds is 6. The van der Waals surface area contributed by atoms with Crippen molar-refractivity contribution in [3.63, 3.8) is 0 Å². The van der Waals surface area contributed by atoms with Crippen molar-refractivity contribution in [1.29, 1.82) is 0 Å². The minimum absolute atomic E-state index is 0.103. The fraction of sp³-hybridized carbons (Fsp3) is 0.333. The predicted octanol–water partition coefficient (Wildman–Crippen LogP) is 3.93. The highest BCUT2D eigenvalue weighted by molar-refractivity contribution is 8.01. The number of anilines is 2. The number of aryl methyl sites for hydroxylation is 1. The lowest BCUT2D eigenvalue weighted by Crippen LogP contribution is -2.28. The molecule has 2 aromatic carbocycles. The molecule has 0 aliphatic carbocycles. The number of hydrogen-bond donors (Lipinski definition) is 2. The summed E-state index contributed by atoms with van der Waals surface area (Å²) in [5, 5.41) is 5.39. The van der Waals surface area contributed by atoms with Gasteiger partial charge in [-0.1, -0.05) is 19.1 Å². The number of amides is 2. The van der Waals surface area contributed by atoms with Crippen molar-refractivity contribution in [3.05, 3.63) is 47.5 Å². The van der Waals surface area contributed by atoms with Gasteiger partial charge in [0.2, 0.25) is 11.8 Å². The summed E-state index contributed by atoms with van der Waals surface area (Å²) in [4.78, 5) is 25.3. The van der Waals surface area contributed by atoms with Gasteiger partial charge in [0.05, 0.1) is 21.6 Å². The molecule has 3 rings (SSSR count). The van der Waals surface area contributed by atoms with Crippen LogP contribution in [0.15, 0.2) is 46.2 Å². The summed E-state index contributed by atoms with van der Waals surface area (Å²) in [6, 6.07) is 10.3. The largest absolute Gasteiger partial charge is 0.326 e. The molecule has 0 spiro atoms. The standard InChI is InChI=1S/C21H24N2O4S2/c1-4-18-21(25)23-17-12-15(8-9-19(17)28-18)29(26,27)11-10-20(24)22-16-7-5-6-13(2)14(16)3/h5-9,12,18H,4,10-11H2,1-3H3,(H,22,24)(H,23,25)/t18-/m1/s1. The smallest absolute Gasteiger partial charge is 0.237 e. The van der Waals surface area contributed by atoms with E-state index in [-0.39, 0.29) is 34.1 Å². The van der Waals surface area contributed by atoms with E-state index in [1.807, 2.05) is 32.9 Å². The van der Waals surface area contributed by atoms with E-state index in [1.165, 1.54) is 23.9 Å². The molecule has 2 N–H and O–H groups in total. The average Bonchev–Trinajstić information content (AvgIpc) is 2.69. The van der Waals surface area contributed by atoms with Crippen LogP contribution in [0.3, 0.4) is 0 Å². The molecule has 1 aliphatic heterocycles. The molecule has 0 aromatic heterocycles. The minimum atomic E-state index is -3.66. The molecule has 1 heterocycles. The van der Waals surface area contributed by atoms with Crippen LogP contribution in [-0.4, -0.2) is 31.2 Å². The van der Waals surface area contributed by atoms with Crippen LogP contribution in [-0.2, 0) is 19.4 Å². The first kappa shape index (κ1) is 21.4. The van der Waals surface area contributed by atoms with E-state index in [0.29, 0.717) is 17.8 Å². The van der Waals surface area contributed by atoms with Gasteiger partial charge < -0.3 is 10.6 Å². The highest BCUT2D eigenvalue weighted by Crippen LogP contribution is 2.38. The van der Waals surface area contributed by atoms with Crippen molar-refractivity contribution < 1.29 is 18.0 Å². The molecule has 0 unspecified atom stereocenters. The Bertz CT molecular complexity index is 1060. The number of hydrogen-bond acceptors (Lipinski definition) is 5. The summed E-state index contributed by atoms with van der Waals surface area (Å²) in [6.45, 7) is 5.79. The highest BCUT2D eigenvalue weighted by atomic mass is 32.2. The Balaban J connectivity index is 1.68. The van der Waals surface area contributed by atoms with Crippen LogP contribution in [0.5, 0.6) is 0 Å². The van der Waals surface area contributed by atoms with E-state index >= 15 is 0 Å². The molecule has 8 heteroatoms. The first-order chi connectivity index (χ1) is 13.7. The van der Waals surface area contributed by atoms with Crippen LogP contribution in [0.25, 0.3) is 0 Å². The van der Waals surface area contributed by atoms with E-state index < -0.39 is 9.84 Å². The number of sulfone groups is 1. The molecule has 154 valence electrons. The predicted molar refractivity (Wildman–Crippen MR) is 116 cm³/mol. The number of carbonyl (C=O) groups is 2. The average molecular weight is 433 g/mol. The molecule has 0 saturated carbocycles. The van der Waals surface area contributed by atoms with Crippen molar-refractivity contribution in [1.82, 2.24) is 0 Å². The highest BCUT2D eigenvalue weighted by Gasteiger charge is 2.27. The van der Waals surface area contributed by atoms with Gasteiger partial charge in [0.1, 0.15) is 0 Å². The molecule has 0 radical (unpaired) electrons. The molecule has 1 atom stereocenters. The van der Waals surface area contributed by atoms with Crippen molar-refractivity contribution in [2.75, 3.05) is 16.4 Å². The van der Waals surface area contributed by atoms with E-state index in [1.54, 1.807) is 12.1 Å². The minimum Gasteiger partial charge on any atom is -0.326 e. The lowest BCUT2D eigenvalue weighted by atomic mass is 10.1. The second-order valence-corrected chi connectivity index (χ2v) is 10.4. The Labute approximate surface area is 175 Å². The third-order valence-corrected chi connectivity index (χ3v) is 8.13. The first-order valence-electron chi connectivity index (χ1n) is 9.41. The molecule has 0 fully saturated rings. The summed E-state index contributed by atoms with van der Waals surface area (Å²) in [6.07, 6.45) is 0.553. The summed E-state index contributed by atoms with van der Waals surface area (Å²) in [5.74, 6) is -0.774. The summed E-state index contributed by atoms with van der Waals surface area (Å²) >= 11 is 1.44. The van der Waals surface area contributed by atoms with Crippen molar-refractivity contribution >= 4 is 44.8 Å². The molecular weight excluding hydrogens is 408 g/mol. The fourth-order valence-corrected chi connectivity index (χ4v) is 5.32. The maximum Gasteiger partial charge on any atom is 0.237 e. The molecular formula is C21H24N2O4S2. The van der Waals surface area contributed by atoms with Crippen LogP contribution in [0.1, 0.15) is 30.9 Å². The zero-order chi connectivity index (χ0) is 21.2. The molecule has 0 bridgehead atoms. The van der Waals surface area contributed by atoms with Crippen molar-refractivity contribution in [2.45, 2.75) is 48.7 Å². The SMILES string of the molecule is CC[C@H]1Sc2ccc(S(=O)(=O)CCC(=O)Nc3cccc(C)c3C)cc2NC1=O. The third-order valence-electron chi connectivity index (χ3n) is 4.98. The van der Waals surface area contributed by atoms with Crippen LogP contribution in [0.4, 0.5) is 11.4 Å². The molecule has 2 aromatic rings. The first-order valence-corrected chi connectivity index (χ1v) is 11.9. The third kappa shape index (κ3) is 4.82. The van der Waals surface area contributed by atoms with Crippen LogP contribution in [0, 0.1) is 13.8 Å². The molecule has 29 heavy (non-hydrogen) atoms. The van der Waals surface area contributed by atoms with Gasteiger partial charge in [-0.25, -0.2) is 8.42 Å². The Hall–Kier alpha value is -2.32. The van der Waals surface area contributed by atoms with Gasteiger partial charge in [-0.15, -0.1) is 11.8 Å². The van der Waals surface area contributed by atoms with E-state index in [4.69, 9.17) is 0 Å². The lowest BCUT2D eigenvalue weighted by molar-refractivity contribution is -0.116. The number of fused-ring (bicyclic) bond motifs is 1.